The Morgan fingerprint density at radius 1 is 1.11 bits per heavy atom. The third-order valence-corrected chi connectivity index (χ3v) is 5.68. The molecule has 3 rings (SSSR count). The van der Waals surface area contributed by atoms with Crippen LogP contribution in [0.15, 0.2) is 47.4 Å². The van der Waals surface area contributed by atoms with Crippen molar-refractivity contribution in [3.8, 4) is 11.5 Å². The SMILES string of the molecule is CCN1C(=O)C(=Cc2cccc(OCCOc3cc(C)ccc3C)c2)SC1=S. The minimum absolute atomic E-state index is 0.0363. The molecule has 1 amide bonds. The van der Waals surface area contributed by atoms with Crippen molar-refractivity contribution >= 4 is 40.3 Å². The van der Waals surface area contributed by atoms with E-state index in [-0.39, 0.29) is 5.91 Å². The van der Waals surface area contributed by atoms with Crippen LogP contribution in [0, 0.1) is 13.8 Å². The molecule has 0 saturated carbocycles. The summed E-state index contributed by atoms with van der Waals surface area (Å²) in [5.41, 5.74) is 3.18. The van der Waals surface area contributed by atoms with Crippen LogP contribution in [0.4, 0.5) is 0 Å². The van der Waals surface area contributed by atoms with Crippen LogP contribution in [-0.4, -0.2) is 34.9 Å². The summed E-state index contributed by atoms with van der Waals surface area (Å²) in [5.74, 6) is 1.59. The summed E-state index contributed by atoms with van der Waals surface area (Å²) in [6.45, 7) is 7.48. The number of carbonyl (C=O) groups is 1. The van der Waals surface area contributed by atoms with Crippen molar-refractivity contribution < 1.29 is 14.3 Å². The van der Waals surface area contributed by atoms with Crippen molar-refractivity contribution in [3.05, 3.63) is 64.1 Å². The Bertz CT molecular complexity index is 924. The smallest absolute Gasteiger partial charge is 0.266 e. The number of rotatable bonds is 7. The van der Waals surface area contributed by atoms with E-state index in [4.69, 9.17) is 21.7 Å². The van der Waals surface area contributed by atoms with Crippen LogP contribution >= 0.6 is 24.0 Å². The van der Waals surface area contributed by atoms with Gasteiger partial charge in [0.05, 0.1) is 4.91 Å². The second-order valence-corrected chi connectivity index (χ2v) is 8.14. The number of thiocarbonyl (C=S) groups is 1. The number of benzene rings is 2. The van der Waals surface area contributed by atoms with Gasteiger partial charge >= 0.3 is 0 Å². The zero-order valence-electron chi connectivity index (χ0n) is 16.2. The number of amides is 1. The molecule has 146 valence electrons. The molecule has 0 radical (unpaired) electrons. The van der Waals surface area contributed by atoms with E-state index in [2.05, 4.69) is 12.1 Å². The van der Waals surface area contributed by atoms with Gasteiger partial charge in [-0.05, 0) is 61.7 Å². The van der Waals surface area contributed by atoms with Gasteiger partial charge in [-0.15, -0.1) is 0 Å². The second kappa shape index (κ2) is 9.26. The molecule has 0 bridgehead atoms. The third kappa shape index (κ3) is 4.94. The van der Waals surface area contributed by atoms with E-state index in [1.54, 1.807) is 4.90 Å². The number of hydrogen-bond acceptors (Lipinski definition) is 5. The van der Waals surface area contributed by atoms with Gasteiger partial charge in [-0.2, -0.15) is 0 Å². The molecule has 0 aromatic heterocycles. The maximum Gasteiger partial charge on any atom is 0.266 e. The van der Waals surface area contributed by atoms with Crippen molar-refractivity contribution in [2.45, 2.75) is 20.8 Å². The molecule has 4 nitrogen and oxygen atoms in total. The van der Waals surface area contributed by atoms with E-state index in [1.807, 2.05) is 57.2 Å². The van der Waals surface area contributed by atoms with Crippen LogP contribution in [0.1, 0.15) is 23.6 Å². The zero-order chi connectivity index (χ0) is 20.1. The summed E-state index contributed by atoms with van der Waals surface area (Å²) < 4.78 is 12.2. The maximum atomic E-state index is 12.3. The number of likely N-dealkylation sites (N-methyl/N-ethyl adjacent to an activating group) is 1. The molecule has 0 atom stereocenters. The second-order valence-electron chi connectivity index (χ2n) is 6.46. The monoisotopic (exact) mass is 413 g/mol. The Morgan fingerprint density at radius 3 is 2.64 bits per heavy atom. The number of aryl methyl sites for hydroxylation is 2. The Hall–Kier alpha value is -2.31. The Kier molecular flexibility index (Phi) is 6.75. The van der Waals surface area contributed by atoms with E-state index >= 15 is 0 Å². The van der Waals surface area contributed by atoms with E-state index in [0.29, 0.717) is 29.0 Å². The number of nitrogens with zero attached hydrogens (tertiary/aromatic N) is 1. The molecule has 28 heavy (non-hydrogen) atoms. The first-order valence-corrected chi connectivity index (χ1v) is 10.4. The highest BCUT2D eigenvalue weighted by molar-refractivity contribution is 8.26. The van der Waals surface area contributed by atoms with Gasteiger partial charge in [-0.1, -0.05) is 48.2 Å². The maximum absolute atomic E-state index is 12.3. The molecule has 2 aromatic carbocycles. The molecule has 1 fully saturated rings. The van der Waals surface area contributed by atoms with Gasteiger partial charge in [0.2, 0.25) is 0 Å². The van der Waals surface area contributed by atoms with Crippen LogP contribution in [0.2, 0.25) is 0 Å². The van der Waals surface area contributed by atoms with E-state index in [0.717, 1.165) is 22.6 Å². The molecule has 0 unspecified atom stereocenters. The zero-order valence-corrected chi connectivity index (χ0v) is 17.9. The summed E-state index contributed by atoms with van der Waals surface area (Å²) in [4.78, 5) is 14.6. The van der Waals surface area contributed by atoms with Crippen molar-refractivity contribution in [1.29, 1.82) is 0 Å². The number of thioether (sulfide) groups is 1. The quantitative estimate of drug-likeness (QED) is 0.364. The normalized spacial score (nSPS) is 15.4. The molecule has 1 saturated heterocycles. The summed E-state index contributed by atoms with van der Waals surface area (Å²) in [6.07, 6.45) is 1.86. The number of ether oxygens (including phenoxy) is 2. The first-order valence-electron chi connectivity index (χ1n) is 9.16. The minimum Gasteiger partial charge on any atom is -0.490 e. The highest BCUT2D eigenvalue weighted by Gasteiger charge is 2.30. The molecule has 0 spiro atoms. The third-order valence-electron chi connectivity index (χ3n) is 4.30. The fourth-order valence-electron chi connectivity index (χ4n) is 2.79. The van der Waals surface area contributed by atoms with Crippen LogP contribution in [-0.2, 0) is 4.79 Å². The van der Waals surface area contributed by atoms with Crippen molar-refractivity contribution in [2.75, 3.05) is 19.8 Å². The molecule has 6 heteroatoms. The van der Waals surface area contributed by atoms with Crippen LogP contribution in [0.3, 0.4) is 0 Å². The molecular formula is C22H23NO3S2. The molecule has 1 aliphatic heterocycles. The first kappa shape index (κ1) is 20.4. The molecular weight excluding hydrogens is 390 g/mol. The van der Waals surface area contributed by atoms with Gasteiger partial charge < -0.3 is 9.47 Å². The van der Waals surface area contributed by atoms with Gasteiger partial charge in [-0.3, -0.25) is 9.69 Å². The fraction of sp³-hybridized carbons (Fsp3) is 0.273. The molecule has 1 aliphatic rings. The average molecular weight is 414 g/mol. The van der Waals surface area contributed by atoms with Gasteiger partial charge in [0.15, 0.2) is 0 Å². The molecule has 1 heterocycles. The summed E-state index contributed by atoms with van der Waals surface area (Å²) in [6, 6.07) is 13.8. The van der Waals surface area contributed by atoms with Gasteiger partial charge in [-0.25, -0.2) is 0 Å². The lowest BCUT2D eigenvalue weighted by Gasteiger charge is -2.11. The van der Waals surface area contributed by atoms with Crippen molar-refractivity contribution in [3.63, 3.8) is 0 Å². The van der Waals surface area contributed by atoms with Crippen molar-refractivity contribution in [1.82, 2.24) is 4.90 Å². The highest BCUT2D eigenvalue weighted by Crippen LogP contribution is 2.32. The number of hydrogen-bond donors (Lipinski definition) is 0. The van der Waals surface area contributed by atoms with Crippen LogP contribution in [0.5, 0.6) is 11.5 Å². The summed E-state index contributed by atoms with van der Waals surface area (Å²) in [7, 11) is 0. The van der Waals surface area contributed by atoms with E-state index in [9.17, 15) is 4.79 Å². The van der Waals surface area contributed by atoms with Gasteiger partial charge in [0.25, 0.3) is 5.91 Å². The highest BCUT2D eigenvalue weighted by atomic mass is 32.2. The average Bonchev–Trinajstić information content (AvgIpc) is 2.94. The van der Waals surface area contributed by atoms with Gasteiger partial charge in [0.1, 0.15) is 29.0 Å². The predicted octanol–water partition coefficient (Wildman–Crippen LogP) is 4.98. The topological polar surface area (TPSA) is 38.8 Å². The number of carbonyl (C=O) groups excluding carboxylic acids is 1. The van der Waals surface area contributed by atoms with Crippen LogP contribution in [0.25, 0.3) is 6.08 Å². The Balaban J connectivity index is 1.58. The van der Waals surface area contributed by atoms with E-state index in [1.165, 1.54) is 17.3 Å². The largest absolute Gasteiger partial charge is 0.490 e. The molecule has 0 N–H and O–H groups in total. The fourth-order valence-corrected chi connectivity index (χ4v) is 4.18. The van der Waals surface area contributed by atoms with E-state index < -0.39 is 0 Å². The lowest BCUT2D eigenvalue weighted by atomic mass is 10.1. The first-order chi connectivity index (χ1) is 13.5. The minimum atomic E-state index is -0.0363. The lowest BCUT2D eigenvalue weighted by Crippen LogP contribution is -2.27. The Morgan fingerprint density at radius 2 is 1.89 bits per heavy atom. The van der Waals surface area contributed by atoms with Gasteiger partial charge in [0, 0.05) is 6.54 Å². The summed E-state index contributed by atoms with van der Waals surface area (Å²) in [5, 5.41) is 0. The van der Waals surface area contributed by atoms with Crippen LogP contribution < -0.4 is 9.47 Å². The predicted molar refractivity (Wildman–Crippen MR) is 119 cm³/mol. The standard InChI is InChI=1S/C22H23NO3S2/c1-4-23-21(24)20(28-22(23)27)14-17-6-5-7-18(13-17)25-10-11-26-19-12-15(2)8-9-16(19)3/h5-9,12-14H,4,10-11H2,1-3H3. The molecule has 2 aromatic rings. The molecule has 0 aliphatic carbocycles. The Labute approximate surface area is 175 Å². The van der Waals surface area contributed by atoms with Crippen molar-refractivity contribution in [2.24, 2.45) is 0 Å². The summed E-state index contributed by atoms with van der Waals surface area (Å²) >= 11 is 6.59. The lowest BCUT2D eigenvalue weighted by molar-refractivity contribution is -0.121.